The van der Waals surface area contributed by atoms with E-state index in [4.69, 9.17) is 0 Å². The zero-order valence-electron chi connectivity index (χ0n) is 15.4. The Labute approximate surface area is 155 Å². The first-order valence-electron chi connectivity index (χ1n) is 9.15. The first-order valence-corrected chi connectivity index (χ1v) is 10.6. The number of likely N-dealkylation sites (N-methyl/N-ethyl adjacent to an activating group) is 1. The lowest BCUT2D eigenvalue weighted by Crippen LogP contribution is -2.50. The molecule has 1 fully saturated rings. The fourth-order valence-corrected chi connectivity index (χ4v) is 5.03. The first-order chi connectivity index (χ1) is 12.5. The second-order valence-corrected chi connectivity index (χ2v) is 8.16. The molecule has 1 saturated heterocycles. The van der Waals surface area contributed by atoms with Crippen molar-refractivity contribution >= 4 is 10.0 Å². The van der Waals surface area contributed by atoms with Gasteiger partial charge in [-0.3, -0.25) is 4.90 Å². The van der Waals surface area contributed by atoms with Crippen molar-refractivity contribution in [1.29, 1.82) is 0 Å². The Morgan fingerprint density at radius 2 is 1.81 bits per heavy atom. The summed E-state index contributed by atoms with van der Waals surface area (Å²) in [6.45, 7) is 8.30. The average Bonchev–Trinajstić information content (AvgIpc) is 3.39. The number of hydrogen-bond donors (Lipinski definition) is 0. The van der Waals surface area contributed by atoms with Crippen molar-refractivity contribution in [2.75, 3.05) is 26.2 Å². The highest BCUT2D eigenvalue weighted by molar-refractivity contribution is 7.89. The largest absolute Gasteiger partial charge is 0.294 e. The lowest BCUT2D eigenvalue weighted by molar-refractivity contribution is 0.124. The van der Waals surface area contributed by atoms with E-state index in [0.29, 0.717) is 30.8 Å². The summed E-state index contributed by atoms with van der Waals surface area (Å²) in [6, 6.07) is 13.0. The highest BCUT2D eigenvalue weighted by Gasteiger charge is 2.38. The van der Waals surface area contributed by atoms with Gasteiger partial charge in [0.1, 0.15) is 4.90 Å². The molecule has 1 aromatic rings. The van der Waals surface area contributed by atoms with Crippen LogP contribution in [0.4, 0.5) is 4.39 Å². The van der Waals surface area contributed by atoms with Gasteiger partial charge in [-0.2, -0.15) is 4.31 Å². The molecule has 0 bridgehead atoms. The summed E-state index contributed by atoms with van der Waals surface area (Å²) in [6.07, 6.45) is 0. The molecule has 1 aromatic carbocycles. The Kier molecular flexibility index (Phi) is 5.46. The number of fused-ring (bicyclic) bond motifs is 1. The van der Waals surface area contributed by atoms with Gasteiger partial charge in [0.25, 0.3) is 0 Å². The van der Waals surface area contributed by atoms with Crippen LogP contribution in [0.1, 0.15) is 32.4 Å². The second kappa shape index (κ2) is 7.47. The molecule has 0 N–H and O–H groups in total. The van der Waals surface area contributed by atoms with Gasteiger partial charge >= 0.3 is 0 Å². The second-order valence-electron chi connectivity index (χ2n) is 6.25. The van der Waals surface area contributed by atoms with E-state index < -0.39 is 15.8 Å². The minimum Gasteiger partial charge on any atom is -0.294 e. The van der Waals surface area contributed by atoms with Gasteiger partial charge in [0.2, 0.25) is 10.0 Å². The third-order valence-corrected chi connectivity index (χ3v) is 6.79. The molecule has 0 radical (unpaired) electrons. The van der Waals surface area contributed by atoms with Gasteiger partial charge in [-0.15, -0.1) is 0 Å². The van der Waals surface area contributed by atoms with E-state index in [1.807, 2.05) is 44.2 Å². The van der Waals surface area contributed by atoms with Gasteiger partial charge in [-0.05, 0) is 29.8 Å². The molecule has 0 aromatic heterocycles. The normalized spacial score (nSPS) is 19.6. The fourth-order valence-electron chi connectivity index (χ4n) is 3.48. The van der Waals surface area contributed by atoms with E-state index in [9.17, 15) is 12.8 Å². The zero-order valence-corrected chi connectivity index (χ0v) is 16.3. The summed E-state index contributed by atoms with van der Waals surface area (Å²) in [5, 5.41) is 0. The number of nitrogens with zero attached hydrogens (tertiary/aromatic N) is 2. The lowest BCUT2D eigenvalue weighted by atomic mass is 10.0. The average molecular weight is 376 g/mol. The van der Waals surface area contributed by atoms with Crippen molar-refractivity contribution in [1.82, 2.24) is 9.21 Å². The molecule has 2 aliphatic carbocycles. The van der Waals surface area contributed by atoms with E-state index >= 15 is 0 Å². The van der Waals surface area contributed by atoms with E-state index in [1.54, 1.807) is 6.07 Å². The van der Waals surface area contributed by atoms with Gasteiger partial charge < -0.3 is 0 Å². The monoisotopic (exact) mass is 376 g/mol. The molecule has 1 heterocycles. The SMILES string of the molecule is CC.CCN1CCN(S(=O)(=O)c2cc3cc-3c2F)CC1c1ccccc1. The summed E-state index contributed by atoms with van der Waals surface area (Å²) in [4.78, 5) is 2.09. The van der Waals surface area contributed by atoms with Gasteiger partial charge in [0.05, 0.1) is 0 Å². The van der Waals surface area contributed by atoms with Crippen LogP contribution in [0, 0.1) is 5.82 Å². The van der Waals surface area contributed by atoms with Gasteiger partial charge in [-0.1, -0.05) is 51.1 Å². The van der Waals surface area contributed by atoms with Crippen LogP contribution in [-0.4, -0.2) is 43.8 Å². The minimum absolute atomic E-state index is 0.00816. The molecule has 6 heteroatoms. The number of hydrogen-bond acceptors (Lipinski definition) is 3. The summed E-state index contributed by atoms with van der Waals surface area (Å²) >= 11 is 0. The van der Waals surface area contributed by atoms with Crippen LogP contribution in [0.2, 0.25) is 0 Å². The highest BCUT2D eigenvalue weighted by Crippen LogP contribution is 2.43. The predicted octanol–water partition coefficient (Wildman–Crippen LogP) is 3.90. The Balaban J connectivity index is 0.000000948. The third-order valence-electron chi connectivity index (χ3n) is 4.93. The summed E-state index contributed by atoms with van der Waals surface area (Å²) in [5.74, 6) is -0.598. The Bertz CT molecular complexity index is 884. The predicted molar refractivity (Wildman–Crippen MR) is 102 cm³/mol. The van der Waals surface area contributed by atoms with Crippen molar-refractivity contribution in [3.8, 4) is 11.1 Å². The molecule has 1 aliphatic heterocycles. The van der Waals surface area contributed by atoms with Crippen LogP contribution >= 0.6 is 0 Å². The first kappa shape index (κ1) is 19.0. The maximum absolute atomic E-state index is 14.2. The number of sulfonamides is 1. The maximum atomic E-state index is 14.2. The van der Waals surface area contributed by atoms with Gasteiger partial charge in [0.15, 0.2) is 5.82 Å². The molecule has 0 saturated carbocycles. The third kappa shape index (κ3) is 3.29. The van der Waals surface area contributed by atoms with Gasteiger partial charge in [-0.25, -0.2) is 12.8 Å². The lowest BCUT2D eigenvalue weighted by Gasteiger charge is -2.40. The van der Waals surface area contributed by atoms with Crippen molar-refractivity contribution in [3.63, 3.8) is 0 Å². The molecular weight excluding hydrogens is 351 g/mol. The number of benzene rings is 2. The molecule has 4 rings (SSSR count). The summed E-state index contributed by atoms with van der Waals surface area (Å²) in [7, 11) is -3.79. The van der Waals surface area contributed by atoms with Crippen LogP contribution in [0.25, 0.3) is 11.1 Å². The quantitative estimate of drug-likeness (QED) is 0.693. The molecule has 26 heavy (non-hydrogen) atoms. The van der Waals surface area contributed by atoms with E-state index in [0.717, 1.165) is 12.1 Å². The number of piperazine rings is 1. The smallest absolute Gasteiger partial charge is 0.246 e. The molecule has 0 spiro atoms. The standard InChI is InChI=1S/C18H19FN2O2S.C2H6/c1-2-20-8-9-21(12-16(20)13-6-4-3-5-7-13)24(22,23)17-11-14-10-15(14)18(17)19;1-2/h3-7,10-11,16H,2,8-9,12H2,1H3;1-2H3. The molecule has 1 unspecified atom stereocenters. The molecule has 4 nitrogen and oxygen atoms in total. The van der Waals surface area contributed by atoms with E-state index in [-0.39, 0.29) is 10.9 Å². The Morgan fingerprint density at radius 1 is 1.12 bits per heavy atom. The molecule has 3 aliphatic rings. The van der Waals surface area contributed by atoms with Crippen molar-refractivity contribution in [3.05, 3.63) is 53.8 Å². The van der Waals surface area contributed by atoms with Crippen LogP contribution in [0.15, 0.2) is 47.4 Å². The summed E-state index contributed by atoms with van der Waals surface area (Å²) in [5.41, 5.74) is 2.24. The number of rotatable bonds is 4. The topological polar surface area (TPSA) is 40.6 Å². The van der Waals surface area contributed by atoms with Crippen LogP contribution in [0.3, 0.4) is 0 Å². The fraction of sp³-hybridized carbons (Fsp3) is 0.400. The zero-order chi connectivity index (χ0) is 18.9. The van der Waals surface area contributed by atoms with Crippen molar-refractivity contribution < 1.29 is 12.8 Å². The van der Waals surface area contributed by atoms with Crippen LogP contribution < -0.4 is 0 Å². The molecular formula is C20H25FN2O2S. The highest BCUT2D eigenvalue weighted by atomic mass is 32.2. The van der Waals surface area contributed by atoms with Crippen LogP contribution in [0.5, 0.6) is 0 Å². The van der Waals surface area contributed by atoms with Gasteiger partial charge in [0, 0.05) is 31.2 Å². The number of halogens is 1. The molecule has 0 amide bonds. The molecule has 140 valence electrons. The maximum Gasteiger partial charge on any atom is 0.246 e. The molecule has 1 atom stereocenters. The van der Waals surface area contributed by atoms with Crippen LogP contribution in [-0.2, 0) is 10.0 Å². The van der Waals surface area contributed by atoms with Crippen molar-refractivity contribution in [2.24, 2.45) is 0 Å². The summed E-state index contributed by atoms with van der Waals surface area (Å²) < 4.78 is 41.4. The minimum atomic E-state index is -3.79. The van der Waals surface area contributed by atoms with E-state index in [2.05, 4.69) is 11.8 Å². The Hall–Kier alpha value is -1.76. The van der Waals surface area contributed by atoms with Crippen molar-refractivity contribution in [2.45, 2.75) is 31.7 Å². The Morgan fingerprint density at radius 3 is 2.38 bits per heavy atom. The van der Waals surface area contributed by atoms with E-state index in [1.165, 1.54) is 10.4 Å².